The molecular weight excluding hydrogens is 250 g/mol. The lowest BCUT2D eigenvalue weighted by atomic mass is 10.1. The molecule has 0 spiro atoms. The smallest absolute Gasteiger partial charge is 0.226 e. The monoisotopic (exact) mass is 265 g/mol. The van der Waals surface area contributed by atoms with Gasteiger partial charge in [-0.3, -0.25) is 4.79 Å². The van der Waals surface area contributed by atoms with Crippen LogP contribution < -0.4 is 5.32 Å². The molecule has 1 aliphatic heterocycles. The van der Waals surface area contributed by atoms with E-state index in [-0.39, 0.29) is 23.2 Å². The predicted molar refractivity (Wildman–Crippen MR) is 69.6 cm³/mol. The molecule has 3 atom stereocenters. The van der Waals surface area contributed by atoms with E-state index in [1.807, 2.05) is 18.2 Å². The van der Waals surface area contributed by atoms with Crippen molar-refractivity contribution in [3.63, 3.8) is 0 Å². The lowest BCUT2D eigenvalue weighted by molar-refractivity contribution is -0.125. The summed E-state index contributed by atoms with van der Waals surface area (Å²) in [6.07, 6.45) is 1.64. The summed E-state index contributed by atoms with van der Waals surface area (Å²) in [6, 6.07) is 8.07. The zero-order valence-electron chi connectivity index (χ0n) is 10.1. The SMILES string of the molecule is O=C(NC1c2ccccc2CC1Cl)C1CCOC1. The molecular formula is C14H16ClNO2. The number of halogens is 1. The van der Waals surface area contributed by atoms with Gasteiger partial charge in [-0.2, -0.15) is 0 Å². The second-order valence-corrected chi connectivity index (χ2v) is 5.53. The molecule has 0 aromatic heterocycles. The Bertz CT molecular complexity index is 457. The van der Waals surface area contributed by atoms with Crippen LogP contribution in [-0.2, 0) is 16.0 Å². The zero-order chi connectivity index (χ0) is 12.5. The summed E-state index contributed by atoms with van der Waals surface area (Å²) in [4.78, 5) is 12.1. The standard InChI is InChI=1S/C14H16ClNO2/c15-12-7-9-3-1-2-4-11(9)13(12)16-14(17)10-5-6-18-8-10/h1-4,10,12-13H,5-8H2,(H,16,17). The lowest BCUT2D eigenvalue weighted by Gasteiger charge is -2.19. The number of hydrogen-bond acceptors (Lipinski definition) is 2. The Morgan fingerprint density at radius 2 is 2.22 bits per heavy atom. The summed E-state index contributed by atoms with van der Waals surface area (Å²) in [6.45, 7) is 1.22. The molecule has 0 radical (unpaired) electrons. The van der Waals surface area contributed by atoms with Gasteiger partial charge >= 0.3 is 0 Å². The van der Waals surface area contributed by atoms with E-state index in [0.717, 1.165) is 18.4 Å². The number of carbonyl (C=O) groups is 1. The third-order valence-electron chi connectivity index (χ3n) is 3.76. The van der Waals surface area contributed by atoms with Gasteiger partial charge in [-0.05, 0) is 24.0 Å². The van der Waals surface area contributed by atoms with Crippen LogP contribution in [0.15, 0.2) is 24.3 Å². The number of ether oxygens (including phenoxy) is 1. The van der Waals surface area contributed by atoms with Crippen LogP contribution in [0.3, 0.4) is 0 Å². The molecule has 0 saturated carbocycles. The number of amides is 1. The zero-order valence-corrected chi connectivity index (χ0v) is 10.8. The van der Waals surface area contributed by atoms with E-state index in [1.165, 1.54) is 5.56 Å². The number of nitrogens with one attached hydrogen (secondary N) is 1. The average molecular weight is 266 g/mol. The molecule has 1 fully saturated rings. The maximum absolute atomic E-state index is 12.1. The first kappa shape index (κ1) is 12.0. The summed E-state index contributed by atoms with van der Waals surface area (Å²) < 4.78 is 5.25. The van der Waals surface area contributed by atoms with E-state index < -0.39 is 0 Å². The first-order valence-electron chi connectivity index (χ1n) is 6.35. The average Bonchev–Trinajstić information content (AvgIpc) is 2.98. The summed E-state index contributed by atoms with van der Waals surface area (Å²) in [7, 11) is 0. The van der Waals surface area contributed by atoms with Crippen molar-refractivity contribution in [1.82, 2.24) is 5.32 Å². The van der Waals surface area contributed by atoms with Crippen LogP contribution >= 0.6 is 11.6 Å². The molecule has 1 amide bonds. The van der Waals surface area contributed by atoms with Gasteiger partial charge in [-0.25, -0.2) is 0 Å². The molecule has 3 rings (SSSR count). The fraction of sp³-hybridized carbons (Fsp3) is 0.500. The normalized spacial score (nSPS) is 30.2. The minimum Gasteiger partial charge on any atom is -0.381 e. The minimum absolute atomic E-state index is 0.0124. The summed E-state index contributed by atoms with van der Waals surface area (Å²) in [5, 5.41) is 3.03. The van der Waals surface area contributed by atoms with Gasteiger partial charge in [-0.1, -0.05) is 24.3 Å². The molecule has 0 bridgehead atoms. The van der Waals surface area contributed by atoms with Crippen LogP contribution in [0.1, 0.15) is 23.6 Å². The number of carbonyl (C=O) groups excluding carboxylic acids is 1. The molecule has 1 aliphatic carbocycles. The number of rotatable bonds is 2. The molecule has 96 valence electrons. The Kier molecular flexibility index (Phi) is 3.27. The third-order valence-corrected chi connectivity index (χ3v) is 4.17. The maximum atomic E-state index is 12.1. The fourth-order valence-corrected chi connectivity index (χ4v) is 3.09. The third kappa shape index (κ3) is 2.13. The van der Waals surface area contributed by atoms with Crippen molar-refractivity contribution in [1.29, 1.82) is 0 Å². The number of fused-ring (bicyclic) bond motifs is 1. The highest BCUT2D eigenvalue weighted by Crippen LogP contribution is 2.35. The van der Waals surface area contributed by atoms with E-state index >= 15 is 0 Å². The van der Waals surface area contributed by atoms with E-state index in [4.69, 9.17) is 16.3 Å². The number of hydrogen-bond donors (Lipinski definition) is 1. The number of alkyl halides is 1. The Morgan fingerprint density at radius 1 is 1.39 bits per heavy atom. The highest BCUT2D eigenvalue weighted by molar-refractivity contribution is 6.21. The van der Waals surface area contributed by atoms with Gasteiger partial charge in [0, 0.05) is 6.61 Å². The predicted octanol–water partition coefficient (Wildman–Crippen LogP) is 2.04. The quantitative estimate of drug-likeness (QED) is 0.831. The Labute approximate surface area is 111 Å². The fourth-order valence-electron chi connectivity index (χ4n) is 2.73. The largest absolute Gasteiger partial charge is 0.381 e. The molecule has 2 aliphatic rings. The van der Waals surface area contributed by atoms with Crippen LogP contribution in [0.4, 0.5) is 0 Å². The number of benzene rings is 1. The van der Waals surface area contributed by atoms with Crippen molar-refractivity contribution in [2.24, 2.45) is 5.92 Å². The Hall–Kier alpha value is -1.06. The summed E-state index contributed by atoms with van der Waals surface area (Å²) in [5.41, 5.74) is 2.40. The Morgan fingerprint density at radius 3 is 3.00 bits per heavy atom. The highest BCUT2D eigenvalue weighted by Gasteiger charge is 2.34. The molecule has 3 unspecified atom stereocenters. The van der Waals surface area contributed by atoms with Crippen molar-refractivity contribution in [2.75, 3.05) is 13.2 Å². The van der Waals surface area contributed by atoms with E-state index in [0.29, 0.717) is 13.2 Å². The van der Waals surface area contributed by atoms with Gasteiger partial charge in [-0.15, -0.1) is 11.6 Å². The molecule has 1 N–H and O–H groups in total. The van der Waals surface area contributed by atoms with Crippen molar-refractivity contribution >= 4 is 17.5 Å². The second kappa shape index (κ2) is 4.90. The van der Waals surface area contributed by atoms with E-state index in [1.54, 1.807) is 0 Å². The van der Waals surface area contributed by atoms with Crippen molar-refractivity contribution in [3.05, 3.63) is 35.4 Å². The topological polar surface area (TPSA) is 38.3 Å². The Balaban J connectivity index is 1.74. The molecule has 1 heterocycles. The molecule has 1 saturated heterocycles. The van der Waals surface area contributed by atoms with Gasteiger partial charge in [0.1, 0.15) is 0 Å². The van der Waals surface area contributed by atoms with Crippen LogP contribution in [0.2, 0.25) is 0 Å². The molecule has 1 aromatic carbocycles. The maximum Gasteiger partial charge on any atom is 0.226 e. The van der Waals surface area contributed by atoms with Crippen molar-refractivity contribution < 1.29 is 9.53 Å². The van der Waals surface area contributed by atoms with Crippen LogP contribution in [0.5, 0.6) is 0 Å². The summed E-state index contributed by atoms with van der Waals surface area (Å²) in [5.74, 6) is 0.0569. The van der Waals surface area contributed by atoms with Crippen LogP contribution in [0, 0.1) is 5.92 Å². The van der Waals surface area contributed by atoms with Crippen LogP contribution in [0.25, 0.3) is 0 Å². The first-order valence-corrected chi connectivity index (χ1v) is 6.79. The van der Waals surface area contributed by atoms with Gasteiger partial charge < -0.3 is 10.1 Å². The lowest BCUT2D eigenvalue weighted by Crippen LogP contribution is -2.36. The van der Waals surface area contributed by atoms with E-state index in [9.17, 15) is 4.79 Å². The van der Waals surface area contributed by atoms with Gasteiger partial charge in [0.2, 0.25) is 5.91 Å². The first-order chi connectivity index (χ1) is 8.75. The molecule has 3 nitrogen and oxygen atoms in total. The molecule has 4 heteroatoms. The van der Waals surface area contributed by atoms with Crippen molar-refractivity contribution in [2.45, 2.75) is 24.3 Å². The van der Waals surface area contributed by atoms with Crippen molar-refractivity contribution in [3.8, 4) is 0 Å². The molecule has 1 aromatic rings. The van der Waals surface area contributed by atoms with Gasteiger partial charge in [0.25, 0.3) is 0 Å². The van der Waals surface area contributed by atoms with Gasteiger partial charge in [0.15, 0.2) is 0 Å². The minimum atomic E-state index is -0.0593. The van der Waals surface area contributed by atoms with Gasteiger partial charge in [0.05, 0.1) is 23.9 Å². The second-order valence-electron chi connectivity index (χ2n) is 4.97. The molecule has 18 heavy (non-hydrogen) atoms. The summed E-state index contributed by atoms with van der Waals surface area (Å²) >= 11 is 6.35. The van der Waals surface area contributed by atoms with Crippen LogP contribution in [-0.4, -0.2) is 24.5 Å². The highest BCUT2D eigenvalue weighted by atomic mass is 35.5. The van der Waals surface area contributed by atoms with E-state index in [2.05, 4.69) is 11.4 Å².